The Kier molecular flexibility index (Phi) is 7.09. The molecule has 2 aromatic rings. The molecule has 1 aromatic carbocycles. The van der Waals surface area contributed by atoms with Crippen molar-refractivity contribution in [2.45, 2.75) is 57.6 Å². The first-order valence-corrected chi connectivity index (χ1v) is 10.3. The lowest BCUT2D eigenvalue weighted by molar-refractivity contribution is -0.138. The van der Waals surface area contributed by atoms with Gasteiger partial charge >= 0.3 is 12.4 Å². The van der Waals surface area contributed by atoms with E-state index in [1.165, 1.54) is 12.1 Å². The Hall–Kier alpha value is -2.65. The summed E-state index contributed by atoms with van der Waals surface area (Å²) in [5.74, 6) is 0.719. The number of hydrogen-bond acceptors (Lipinski definition) is 4. The van der Waals surface area contributed by atoms with E-state index in [-0.39, 0.29) is 30.3 Å². The summed E-state index contributed by atoms with van der Waals surface area (Å²) in [6.07, 6.45) is -6.72. The van der Waals surface area contributed by atoms with E-state index in [0.29, 0.717) is 31.6 Å². The molecule has 0 N–H and O–H groups in total. The van der Waals surface area contributed by atoms with E-state index in [1.807, 2.05) is 18.7 Å². The molecule has 0 bridgehead atoms. The van der Waals surface area contributed by atoms with E-state index >= 15 is 0 Å². The van der Waals surface area contributed by atoms with Gasteiger partial charge in [0.05, 0.1) is 17.7 Å². The van der Waals surface area contributed by atoms with Crippen molar-refractivity contribution in [3.8, 4) is 11.5 Å². The molecule has 3 rings (SSSR count). The molecule has 2 heterocycles. The summed E-state index contributed by atoms with van der Waals surface area (Å²) in [4.78, 5) is 5.84. The van der Waals surface area contributed by atoms with Gasteiger partial charge in [0.25, 0.3) is 0 Å². The van der Waals surface area contributed by atoms with E-state index in [9.17, 15) is 26.3 Å². The molecule has 1 aliphatic rings. The van der Waals surface area contributed by atoms with E-state index in [1.54, 1.807) is 0 Å². The molecule has 176 valence electrons. The maximum Gasteiger partial charge on any atom is 0.417 e. The summed E-state index contributed by atoms with van der Waals surface area (Å²) in [6.45, 7) is 4.49. The number of aromatic nitrogens is 1. The normalized spacial score (nSPS) is 19.7. The highest BCUT2D eigenvalue weighted by atomic mass is 19.4. The Morgan fingerprint density at radius 1 is 1.00 bits per heavy atom. The van der Waals surface area contributed by atoms with Crippen LogP contribution in [0.2, 0.25) is 0 Å². The molecule has 2 unspecified atom stereocenters. The number of rotatable bonds is 6. The minimum atomic E-state index is -4.49. The number of hydrogen-bond donors (Lipinski definition) is 0. The maximum atomic E-state index is 13.1. The second-order valence-electron chi connectivity index (χ2n) is 7.72. The second kappa shape index (κ2) is 9.46. The van der Waals surface area contributed by atoms with Crippen LogP contribution in [0.5, 0.6) is 11.5 Å². The molecule has 1 saturated heterocycles. The topological polar surface area (TPSA) is 34.6 Å². The molecule has 0 saturated carbocycles. The van der Waals surface area contributed by atoms with Crippen LogP contribution in [0.25, 0.3) is 0 Å². The van der Waals surface area contributed by atoms with Gasteiger partial charge in [-0.1, -0.05) is 6.92 Å². The number of benzene rings is 1. The van der Waals surface area contributed by atoms with Gasteiger partial charge in [0.15, 0.2) is 11.5 Å². The van der Waals surface area contributed by atoms with Gasteiger partial charge in [-0.05, 0) is 43.7 Å². The maximum absolute atomic E-state index is 13.1. The SMILES string of the molecule is CCCOc1cc(C(F)(F)F)ccc1OC1CCN(c2ccc(C(F)(F)F)cn2)C(C)C1. The third kappa shape index (κ3) is 5.77. The number of pyridine rings is 1. The zero-order valence-corrected chi connectivity index (χ0v) is 17.6. The molecule has 10 heteroatoms. The van der Waals surface area contributed by atoms with Crippen molar-refractivity contribution in [2.75, 3.05) is 18.1 Å². The van der Waals surface area contributed by atoms with Gasteiger partial charge in [0.1, 0.15) is 11.9 Å². The smallest absolute Gasteiger partial charge is 0.417 e. The summed E-state index contributed by atoms with van der Waals surface area (Å²) in [5.41, 5.74) is -1.62. The van der Waals surface area contributed by atoms with Gasteiger partial charge < -0.3 is 14.4 Å². The minimum absolute atomic E-state index is 0.0427. The van der Waals surface area contributed by atoms with Crippen LogP contribution in [0.1, 0.15) is 44.2 Å². The van der Waals surface area contributed by atoms with Crippen LogP contribution in [0.15, 0.2) is 36.5 Å². The second-order valence-corrected chi connectivity index (χ2v) is 7.72. The average molecular weight is 462 g/mol. The highest BCUT2D eigenvalue weighted by Gasteiger charge is 2.34. The first-order valence-electron chi connectivity index (χ1n) is 10.3. The first-order chi connectivity index (χ1) is 15.0. The molecule has 32 heavy (non-hydrogen) atoms. The molecule has 2 atom stereocenters. The van der Waals surface area contributed by atoms with Crippen LogP contribution in [0.4, 0.5) is 32.2 Å². The third-order valence-corrected chi connectivity index (χ3v) is 5.22. The number of piperidine rings is 1. The Morgan fingerprint density at radius 3 is 2.25 bits per heavy atom. The summed E-state index contributed by atoms with van der Waals surface area (Å²) >= 11 is 0. The van der Waals surface area contributed by atoms with Crippen molar-refractivity contribution in [1.82, 2.24) is 4.98 Å². The summed E-state index contributed by atoms with van der Waals surface area (Å²) in [7, 11) is 0. The third-order valence-electron chi connectivity index (χ3n) is 5.22. The number of nitrogens with zero attached hydrogens (tertiary/aromatic N) is 2. The van der Waals surface area contributed by atoms with Gasteiger partial charge in [-0.2, -0.15) is 26.3 Å². The van der Waals surface area contributed by atoms with Crippen molar-refractivity contribution in [1.29, 1.82) is 0 Å². The minimum Gasteiger partial charge on any atom is -0.490 e. The number of alkyl halides is 6. The molecule has 4 nitrogen and oxygen atoms in total. The fraction of sp³-hybridized carbons (Fsp3) is 0.500. The predicted molar refractivity (Wildman–Crippen MR) is 107 cm³/mol. The van der Waals surface area contributed by atoms with E-state index in [2.05, 4.69) is 4.98 Å². The molecule has 0 aliphatic carbocycles. The molecule has 0 spiro atoms. The average Bonchev–Trinajstić information content (AvgIpc) is 2.72. The highest BCUT2D eigenvalue weighted by Crippen LogP contribution is 2.38. The number of halogens is 6. The van der Waals surface area contributed by atoms with E-state index < -0.39 is 23.5 Å². The summed E-state index contributed by atoms with van der Waals surface area (Å²) in [5, 5.41) is 0. The van der Waals surface area contributed by atoms with Gasteiger partial charge in [-0.3, -0.25) is 0 Å². The Balaban J connectivity index is 1.69. The fourth-order valence-corrected chi connectivity index (χ4v) is 3.59. The van der Waals surface area contributed by atoms with Crippen LogP contribution in [-0.4, -0.2) is 30.3 Å². The highest BCUT2D eigenvalue weighted by molar-refractivity contribution is 5.45. The van der Waals surface area contributed by atoms with E-state index in [4.69, 9.17) is 9.47 Å². The van der Waals surface area contributed by atoms with Crippen LogP contribution in [-0.2, 0) is 12.4 Å². The first kappa shape index (κ1) is 24.0. The van der Waals surface area contributed by atoms with Gasteiger partial charge in [0, 0.05) is 31.6 Å². The molecular formula is C22H24F6N2O2. The quantitative estimate of drug-likeness (QED) is 0.469. The van der Waals surface area contributed by atoms with Crippen LogP contribution in [0.3, 0.4) is 0 Å². The van der Waals surface area contributed by atoms with Crippen LogP contribution < -0.4 is 14.4 Å². The van der Waals surface area contributed by atoms with Gasteiger partial charge in [-0.15, -0.1) is 0 Å². The molecule has 1 fully saturated rings. The van der Waals surface area contributed by atoms with Crippen molar-refractivity contribution >= 4 is 5.82 Å². The van der Waals surface area contributed by atoms with Crippen LogP contribution in [0, 0.1) is 0 Å². The molecule has 0 radical (unpaired) electrons. The van der Waals surface area contributed by atoms with Crippen LogP contribution >= 0.6 is 0 Å². The fourth-order valence-electron chi connectivity index (χ4n) is 3.59. The Morgan fingerprint density at radius 2 is 1.69 bits per heavy atom. The lowest BCUT2D eigenvalue weighted by Crippen LogP contribution is -2.45. The van der Waals surface area contributed by atoms with Crippen molar-refractivity contribution < 1.29 is 35.8 Å². The Bertz CT molecular complexity index is 899. The predicted octanol–water partition coefficient (Wildman–Crippen LogP) is 6.34. The van der Waals surface area contributed by atoms with Crippen molar-refractivity contribution in [3.05, 3.63) is 47.7 Å². The molecule has 1 aromatic heterocycles. The zero-order valence-electron chi connectivity index (χ0n) is 17.6. The summed E-state index contributed by atoms with van der Waals surface area (Å²) < 4.78 is 88.9. The largest absolute Gasteiger partial charge is 0.490 e. The van der Waals surface area contributed by atoms with Crippen molar-refractivity contribution in [2.24, 2.45) is 0 Å². The summed E-state index contributed by atoms with van der Waals surface area (Å²) in [6, 6.07) is 5.41. The van der Waals surface area contributed by atoms with Crippen molar-refractivity contribution in [3.63, 3.8) is 0 Å². The lowest BCUT2D eigenvalue weighted by atomic mass is 10.0. The number of anilines is 1. The molecular weight excluding hydrogens is 438 g/mol. The lowest BCUT2D eigenvalue weighted by Gasteiger charge is -2.38. The number of ether oxygens (including phenoxy) is 2. The zero-order chi connectivity index (χ0) is 23.5. The molecule has 0 amide bonds. The molecule has 1 aliphatic heterocycles. The van der Waals surface area contributed by atoms with E-state index in [0.717, 1.165) is 24.4 Å². The Labute approximate surface area is 182 Å². The van der Waals surface area contributed by atoms with Gasteiger partial charge in [0.2, 0.25) is 0 Å². The standard InChI is InChI=1S/C22H24F6N2O2/c1-3-10-31-19-12-15(21(23,24)25)4-6-18(19)32-17-8-9-30(14(2)11-17)20-7-5-16(13-29-20)22(26,27)28/h4-7,12-14,17H,3,8-11H2,1-2H3. The monoisotopic (exact) mass is 462 g/mol. The van der Waals surface area contributed by atoms with Gasteiger partial charge in [-0.25, -0.2) is 4.98 Å².